The molecule has 25 heavy (non-hydrogen) atoms. The Kier molecular flexibility index (Phi) is 5.25. The number of rotatable bonds is 4. The smallest absolute Gasteiger partial charge is 0.344 e. The normalized spacial score (nSPS) is 22.3. The number of aryl methyl sites for hydroxylation is 2. The molecule has 1 amide bonds. The second-order valence-corrected chi connectivity index (χ2v) is 7.28. The van der Waals surface area contributed by atoms with Crippen molar-refractivity contribution in [2.45, 2.75) is 57.9 Å². The number of aromatic nitrogens is 1. The van der Waals surface area contributed by atoms with Crippen LogP contribution in [0.25, 0.3) is 0 Å². The van der Waals surface area contributed by atoms with Crippen LogP contribution in [0.1, 0.15) is 60.6 Å². The van der Waals surface area contributed by atoms with Crippen LogP contribution in [-0.2, 0) is 22.4 Å². The molecule has 2 aliphatic rings. The van der Waals surface area contributed by atoms with Crippen LogP contribution in [0.5, 0.6) is 0 Å². The molecule has 136 valence electrons. The number of hydrogen-bond acceptors (Lipinski definition) is 4. The van der Waals surface area contributed by atoms with Crippen molar-refractivity contribution in [1.29, 1.82) is 0 Å². The van der Waals surface area contributed by atoms with Crippen molar-refractivity contribution < 1.29 is 14.3 Å². The van der Waals surface area contributed by atoms with Crippen molar-refractivity contribution in [3.05, 3.63) is 33.2 Å². The van der Waals surface area contributed by atoms with Crippen LogP contribution in [0.3, 0.4) is 0 Å². The fourth-order valence-electron chi connectivity index (χ4n) is 4.03. The summed E-state index contributed by atoms with van der Waals surface area (Å²) in [6.45, 7) is 1.83. The Hall–Kier alpha value is -2.11. The number of nitrogens with one attached hydrogen (secondary N) is 1. The number of likely N-dealkylation sites (N-methyl/N-ethyl adjacent to an activating group) is 1. The second-order valence-electron chi connectivity index (χ2n) is 7.28. The summed E-state index contributed by atoms with van der Waals surface area (Å²) in [5.74, 6) is -0.489. The molecule has 6 nitrogen and oxygen atoms in total. The highest BCUT2D eigenvalue weighted by Gasteiger charge is 2.28. The maximum atomic E-state index is 12.4. The first-order valence-corrected chi connectivity index (χ1v) is 9.15. The molecule has 2 unspecified atom stereocenters. The third-order valence-electron chi connectivity index (χ3n) is 5.59. The van der Waals surface area contributed by atoms with Gasteiger partial charge in [0.2, 0.25) is 0 Å². The van der Waals surface area contributed by atoms with Crippen molar-refractivity contribution in [3.8, 4) is 0 Å². The molecule has 0 bridgehead atoms. The zero-order valence-electron chi connectivity index (χ0n) is 15.0. The van der Waals surface area contributed by atoms with Crippen LogP contribution in [0.15, 0.2) is 10.9 Å². The van der Waals surface area contributed by atoms with Crippen LogP contribution in [0.2, 0.25) is 0 Å². The number of amides is 1. The van der Waals surface area contributed by atoms with Crippen molar-refractivity contribution in [2.24, 2.45) is 5.92 Å². The zero-order valence-corrected chi connectivity index (χ0v) is 15.0. The average molecular weight is 346 g/mol. The van der Waals surface area contributed by atoms with E-state index in [0.29, 0.717) is 5.92 Å². The molecule has 1 aromatic rings. The van der Waals surface area contributed by atoms with E-state index < -0.39 is 11.5 Å². The summed E-state index contributed by atoms with van der Waals surface area (Å²) in [6, 6.07) is 1.81. The Balaban J connectivity index is 1.60. The number of hydrogen-bond donors (Lipinski definition) is 1. The highest BCUT2D eigenvalue weighted by Crippen LogP contribution is 2.27. The highest BCUT2D eigenvalue weighted by atomic mass is 16.5. The van der Waals surface area contributed by atoms with Gasteiger partial charge in [-0.2, -0.15) is 0 Å². The van der Waals surface area contributed by atoms with E-state index in [1.165, 1.54) is 6.42 Å². The average Bonchev–Trinajstić information content (AvgIpc) is 3.05. The topological polar surface area (TPSA) is 79.5 Å². The predicted molar refractivity (Wildman–Crippen MR) is 93.6 cm³/mol. The minimum absolute atomic E-state index is 0.0119. The third kappa shape index (κ3) is 3.78. The number of carbonyl (C=O) groups excluding carboxylic acids is 2. The molecule has 1 N–H and O–H groups in total. The summed E-state index contributed by atoms with van der Waals surface area (Å²) < 4.78 is 5.13. The zero-order chi connectivity index (χ0) is 18.0. The van der Waals surface area contributed by atoms with Crippen LogP contribution < -0.4 is 5.56 Å². The van der Waals surface area contributed by atoms with Crippen molar-refractivity contribution in [1.82, 2.24) is 9.88 Å². The van der Waals surface area contributed by atoms with Crippen LogP contribution in [0.4, 0.5) is 0 Å². The van der Waals surface area contributed by atoms with Gasteiger partial charge in [0.1, 0.15) is 5.56 Å². The van der Waals surface area contributed by atoms with E-state index >= 15 is 0 Å². The van der Waals surface area contributed by atoms with Gasteiger partial charge < -0.3 is 14.6 Å². The Labute approximate surface area is 147 Å². The van der Waals surface area contributed by atoms with Gasteiger partial charge in [-0.25, -0.2) is 4.79 Å². The van der Waals surface area contributed by atoms with E-state index in [4.69, 9.17) is 4.74 Å². The summed E-state index contributed by atoms with van der Waals surface area (Å²) in [7, 11) is 1.77. The Morgan fingerprint density at radius 3 is 2.76 bits per heavy atom. The summed E-state index contributed by atoms with van der Waals surface area (Å²) >= 11 is 0. The van der Waals surface area contributed by atoms with Crippen molar-refractivity contribution in [2.75, 3.05) is 13.7 Å². The van der Waals surface area contributed by atoms with E-state index in [-0.39, 0.29) is 24.1 Å². The Morgan fingerprint density at radius 2 is 2.00 bits per heavy atom. The molecular weight excluding hydrogens is 320 g/mol. The van der Waals surface area contributed by atoms with Gasteiger partial charge in [-0.05, 0) is 49.7 Å². The first kappa shape index (κ1) is 17.7. The number of H-pyrrole nitrogens is 1. The van der Waals surface area contributed by atoms with Crippen LogP contribution in [-0.4, -0.2) is 41.5 Å². The Morgan fingerprint density at radius 1 is 1.24 bits per heavy atom. The number of pyridine rings is 1. The number of esters is 1. The van der Waals surface area contributed by atoms with Gasteiger partial charge in [0.15, 0.2) is 6.61 Å². The molecule has 1 fully saturated rings. The van der Waals surface area contributed by atoms with E-state index in [0.717, 1.165) is 49.8 Å². The van der Waals surface area contributed by atoms with Crippen molar-refractivity contribution >= 4 is 11.9 Å². The highest BCUT2D eigenvalue weighted by molar-refractivity contribution is 5.91. The maximum Gasteiger partial charge on any atom is 0.344 e. The lowest BCUT2D eigenvalue weighted by Gasteiger charge is -2.36. The minimum Gasteiger partial charge on any atom is -0.452 e. The summed E-state index contributed by atoms with van der Waals surface area (Å²) in [5, 5.41) is 0. The van der Waals surface area contributed by atoms with Crippen molar-refractivity contribution in [3.63, 3.8) is 0 Å². The Bertz CT molecular complexity index is 725. The number of ether oxygens (including phenoxy) is 1. The van der Waals surface area contributed by atoms with Gasteiger partial charge in [0.25, 0.3) is 11.5 Å². The molecule has 3 rings (SSSR count). The lowest BCUT2D eigenvalue weighted by atomic mass is 9.85. The van der Waals surface area contributed by atoms with Gasteiger partial charge in [-0.15, -0.1) is 0 Å². The van der Waals surface area contributed by atoms with E-state index in [2.05, 4.69) is 11.9 Å². The van der Waals surface area contributed by atoms with E-state index in [1.807, 2.05) is 0 Å². The molecule has 0 aromatic carbocycles. The van der Waals surface area contributed by atoms with Gasteiger partial charge in [0.05, 0.1) is 0 Å². The number of aromatic amines is 1. The van der Waals surface area contributed by atoms with Gasteiger partial charge >= 0.3 is 5.97 Å². The van der Waals surface area contributed by atoms with E-state index in [1.54, 1.807) is 18.0 Å². The van der Waals surface area contributed by atoms with Crippen LogP contribution in [0, 0.1) is 5.92 Å². The molecule has 0 aliphatic heterocycles. The first-order chi connectivity index (χ1) is 12.0. The number of carbonyl (C=O) groups is 2. The first-order valence-electron chi connectivity index (χ1n) is 9.15. The number of nitrogens with zero attached hydrogens (tertiary/aromatic N) is 1. The maximum absolute atomic E-state index is 12.4. The minimum atomic E-state index is -0.727. The van der Waals surface area contributed by atoms with Gasteiger partial charge in [-0.3, -0.25) is 9.59 Å². The summed E-state index contributed by atoms with van der Waals surface area (Å²) in [5.41, 5.74) is 1.45. The molecule has 0 saturated heterocycles. The molecule has 1 aromatic heterocycles. The molecule has 6 heteroatoms. The van der Waals surface area contributed by atoms with Gasteiger partial charge in [0, 0.05) is 18.8 Å². The SMILES string of the molecule is CC1CCCCC1N(C)C(=O)COC(=O)c1cc2c([nH]c1=O)CCC2. The summed E-state index contributed by atoms with van der Waals surface area (Å²) in [6.07, 6.45) is 7.10. The fourth-order valence-corrected chi connectivity index (χ4v) is 4.03. The molecule has 1 heterocycles. The van der Waals surface area contributed by atoms with Crippen LogP contribution >= 0.6 is 0 Å². The molecule has 2 aliphatic carbocycles. The summed E-state index contributed by atoms with van der Waals surface area (Å²) in [4.78, 5) is 41.1. The predicted octanol–water partition coefficient (Wildman–Crippen LogP) is 2.06. The number of fused-ring (bicyclic) bond motifs is 1. The third-order valence-corrected chi connectivity index (χ3v) is 5.59. The lowest BCUT2D eigenvalue weighted by molar-refractivity contribution is -0.136. The molecule has 0 radical (unpaired) electrons. The molecule has 1 saturated carbocycles. The second kappa shape index (κ2) is 7.42. The standard InChI is InChI=1S/C19H26N2O4/c1-12-6-3-4-9-16(12)21(2)17(22)11-25-19(24)14-10-13-7-5-8-15(13)20-18(14)23/h10,12,16H,3-9,11H2,1-2H3,(H,20,23). The van der Waals surface area contributed by atoms with Gasteiger partial charge in [-0.1, -0.05) is 19.8 Å². The quantitative estimate of drug-likeness (QED) is 0.846. The molecular formula is C19H26N2O4. The monoisotopic (exact) mass is 346 g/mol. The lowest BCUT2D eigenvalue weighted by Crippen LogP contribution is -2.44. The molecule has 0 spiro atoms. The molecule has 2 atom stereocenters. The fraction of sp³-hybridized carbons (Fsp3) is 0.632. The largest absolute Gasteiger partial charge is 0.452 e. The van der Waals surface area contributed by atoms with E-state index in [9.17, 15) is 14.4 Å².